The van der Waals surface area contributed by atoms with Crippen LogP contribution >= 0.6 is 0 Å². The number of methoxy groups -OCH3 is 1. The standard InChI is InChI=1S/C14H15NO2/c1-10(9-15-16)11-3-4-13-8-14(17-2)6-5-12(13)7-11/h3-10,16H,1-2H3/b15-9+. The summed E-state index contributed by atoms with van der Waals surface area (Å²) in [5.74, 6) is 0.960. The Hall–Kier alpha value is -2.03. The Morgan fingerprint density at radius 2 is 1.88 bits per heavy atom. The number of nitrogens with zero attached hydrogens (tertiary/aromatic N) is 1. The second kappa shape index (κ2) is 4.87. The Labute approximate surface area is 100 Å². The largest absolute Gasteiger partial charge is 0.497 e. The van der Waals surface area contributed by atoms with Crippen LogP contribution in [0.2, 0.25) is 0 Å². The molecule has 0 aliphatic rings. The van der Waals surface area contributed by atoms with Crippen molar-refractivity contribution in [1.29, 1.82) is 0 Å². The van der Waals surface area contributed by atoms with Crippen LogP contribution in [0, 0.1) is 0 Å². The van der Waals surface area contributed by atoms with Gasteiger partial charge in [-0.1, -0.05) is 31.2 Å². The number of rotatable bonds is 3. The van der Waals surface area contributed by atoms with Crippen molar-refractivity contribution < 1.29 is 9.94 Å². The van der Waals surface area contributed by atoms with Gasteiger partial charge in [-0.15, -0.1) is 5.16 Å². The summed E-state index contributed by atoms with van der Waals surface area (Å²) in [6, 6.07) is 12.2. The fourth-order valence-corrected chi connectivity index (χ4v) is 1.84. The third-order valence-electron chi connectivity index (χ3n) is 2.89. The Kier molecular flexibility index (Phi) is 3.28. The molecule has 3 heteroatoms. The first-order valence-corrected chi connectivity index (χ1v) is 5.50. The first-order chi connectivity index (χ1) is 8.24. The molecule has 1 atom stereocenters. The van der Waals surface area contributed by atoms with Crippen molar-refractivity contribution in [2.45, 2.75) is 12.8 Å². The number of oxime groups is 1. The van der Waals surface area contributed by atoms with Crippen LogP contribution in [0.25, 0.3) is 10.8 Å². The van der Waals surface area contributed by atoms with E-state index in [0.717, 1.165) is 22.1 Å². The van der Waals surface area contributed by atoms with Gasteiger partial charge in [-0.2, -0.15) is 0 Å². The molecule has 0 bridgehead atoms. The lowest BCUT2D eigenvalue weighted by atomic mass is 9.99. The molecule has 2 aromatic carbocycles. The van der Waals surface area contributed by atoms with Crippen molar-refractivity contribution in [1.82, 2.24) is 0 Å². The summed E-state index contributed by atoms with van der Waals surface area (Å²) in [5.41, 5.74) is 1.13. The molecule has 17 heavy (non-hydrogen) atoms. The first-order valence-electron chi connectivity index (χ1n) is 5.50. The van der Waals surface area contributed by atoms with Gasteiger partial charge in [0.2, 0.25) is 0 Å². The van der Waals surface area contributed by atoms with Crippen molar-refractivity contribution in [2.24, 2.45) is 5.16 Å². The Bertz CT molecular complexity index is 549. The molecule has 2 aromatic rings. The quantitative estimate of drug-likeness (QED) is 0.498. The van der Waals surface area contributed by atoms with Crippen molar-refractivity contribution in [3.63, 3.8) is 0 Å². The second-order valence-corrected chi connectivity index (χ2v) is 4.03. The summed E-state index contributed by atoms with van der Waals surface area (Å²) in [6.45, 7) is 1.99. The van der Waals surface area contributed by atoms with E-state index in [4.69, 9.17) is 9.94 Å². The molecule has 0 spiro atoms. The monoisotopic (exact) mass is 229 g/mol. The number of benzene rings is 2. The van der Waals surface area contributed by atoms with Crippen LogP contribution < -0.4 is 4.74 Å². The molecule has 0 saturated carbocycles. The fraction of sp³-hybridized carbons (Fsp3) is 0.214. The van der Waals surface area contributed by atoms with Gasteiger partial charge in [0.1, 0.15) is 5.75 Å². The zero-order valence-electron chi connectivity index (χ0n) is 9.92. The summed E-state index contributed by atoms with van der Waals surface area (Å²) in [5, 5.41) is 13.9. The van der Waals surface area contributed by atoms with E-state index in [1.54, 1.807) is 7.11 Å². The summed E-state index contributed by atoms with van der Waals surface area (Å²) in [6.07, 6.45) is 1.52. The zero-order chi connectivity index (χ0) is 12.3. The maximum Gasteiger partial charge on any atom is 0.119 e. The van der Waals surface area contributed by atoms with E-state index in [2.05, 4.69) is 17.3 Å². The zero-order valence-corrected chi connectivity index (χ0v) is 9.92. The molecule has 3 nitrogen and oxygen atoms in total. The highest BCUT2D eigenvalue weighted by atomic mass is 16.5. The molecule has 0 fully saturated rings. The van der Waals surface area contributed by atoms with Gasteiger partial charge in [0.25, 0.3) is 0 Å². The van der Waals surface area contributed by atoms with Gasteiger partial charge in [-0.3, -0.25) is 0 Å². The van der Waals surface area contributed by atoms with Crippen molar-refractivity contribution >= 4 is 17.0 Å². The van der Waals surface area contributed by atoms with Gasteiger partial charge in [0, 0.05) is 5.92 Å². The smallest absolute Gasteiger partial charge is 0.119 e. The van der Waals surface area contributed by atoms with E-state index in [9.17, 15) is 0 Å². The van der Waals surface area contributed by atoms with Crippen molar-refractivity contribution in [3.8, 4) is 5.75 Å². The van der Waals surface area contributed by atoms with E-state index in [-0.39, 0.29) is 5.92 Å². The van der Waals surface area contributed by atoms with E-state index >= 15 is 0 Å². The second-order valence-electron chi connectivity index (χ2n) is 4.03. The topological polar surface area (TPSA) is 41.8 Å². The van der Waals surface area contributed by atoms with Gasteiger partial charge in [0.05, 0.1) is 13.3 Å². The van der Waals surface area contributed by atoms with Gasteiger partial charge in [-0.25, -0.2) is 0 Å². The lowest BCUT2D eigenvalue weighted by Crippen LogP contribution is -1.94. The Morgan fingerprint density at radius 3 is 2.59 bits per heavy atom. The highest BCUT2D eigenvalue weighted by molar-refractivity contribution is 5.85. The van der Waals surface area contributed by atoms with Gasteiger partial charge < -0.3 is 9.94 Å². The van der Waals surface area contributed by atoms with Crippen LogP contribution in [0.5, 0.6) is 5.75 Å². The third kappa shape index (κ3) is 2.38. The van der Waals surface area contributed by atoms with E-state index in [0.29, 0.717) is 0 Å². The molecule has 0 heterocycles. The molecule has 0 aliphatic carbocycles. The van der Waals surface area contributed by atoms with Crippen LogP contribution in [0.4, 0.5) is 0 Å². The summed E-state index contributed by atoms with van der Waals surface area (Å²) < 4.78 is 5.18. The normalized spacial score (nSPS) is 13.1. The summed E-state index contributed by atoms with van der Waals surface area (Å²) in [7, 11) is 1.66. The molecule has 0 saturated heterocycles. The molecule has 1 unspecified atom stereocenters. The highest BCUT2D eigenvalue weighted by Crippen LogP contribution is 2.24. The maximum absolute atomic E-state index is 8.53. The van der Waals surface area contributed by atoms with E-state index < -0.39 is 0 Å². The lowest BCUT2D eigenvalue weighted by Gasteiger charge is -2.08. The van der Waals surface area contributed by atoms with Gasteiger partial charge >= 0.3 is 0 Å². The molecule has 0 aromatic heterocycles. The molecule has 0 aliphatic heterocycles. The fourth-order valence-electron chi connectivity index (χ4n) is 1.84. The number of fused-ring (bicyclic) bond motifs is 1. The molecule has 88 valence electrons. The maximum atomic E-state index is 8.53. The molecule has 0 amide bonds. The Morgan fingerprint density at radius 1 is 1.18 bits per heavy atom. The third-order valence-corrected chi connectivity index (χ3v) is 2.89. The predicted molar refractivity (Wildman–Crippen MR) is 69.2 cm³/mol. The van der Waals surface area contributed by atoms with Crippen LogP contribution in [-0.2, 0) is 0 Å². The van der Waals surface area contributed by atoms with Crippen LogP contribution in [-0.4, -0.2) is 18.5 Å². The summed E-state index contributed by atoms with van der Waals surface area (Å²) >= 11 is 0. The number of hydrogen-bond donors (Lipinski definition) is 1. The highest BCUT2D eigenvalue weighted by Gasteiger charge is 2.04. The molecular formula is C14H15NO2. The SMILES string of the molecule is COc1ccc2cc(C(C)/C=N/O)ccc2c1. The number of hydrogen-bond acceptors (Lipinski definition) is 3. The van der Waals surface area contributed by atoms with Crippen molar-refractivity contribution in [3.05, 3.63) is 42.0 Å². The minimum Gasteiger partial charge on any atom is -0.497 e. The van der Waals surface area contributed by atoms with Crippen LogP contribution in [0.3, 0.4) is 0 Å². The first kappa shape index (κ1) is 11.5. The van der Waals surface area contributed by atoms with E-state index in [1.807, 2.05) is 31.2 Å². The minimum absolute atomic E-state index is 0.103. The minimum atomic E-state index is 0.103. The van der Waals surface area contributed by atoms with Crippen molar-refractivity contribution in [2.75, 3.05) is 7.11 Å². The molecular weight excluding hydrogens is 214 g/mol. The van der Waals surface area contributed by atoms with Crippen LogP contribution in [0.15, 0.2) is 41.6 Å². The lowest BCUT2D eigenvalue weighted by molar-refractivity contribution is 0.320. The van der Waals surface area contributed by atoms with Gasteiger partial charge in [-0.05, 0) is 28.5 Å². The summed E-state index contributed by atoms with van der Waals surface area (Å²) in [4.78, 5) is 0. The van der Waals surface area contributed by atoms with Gasteiger partial charge in [0.15, 0.2) is 0 Å². The average molecular weight is 229 g/mol. The Balaban J connectivity index is 2.44. The average Bonchev–Trinajstić information content (AvgIpc) is 2.37. The van der Waals surface area contributed by atoms with E-state index in [1.165, 1.54) is 6.21 Å². The van der Waals surface area contributed by atoms with Crippen LogP contribution in [0.1, 0.15) is 18.4 Å². The molecule has 0 radical (unpaired) electrons. The molecule has 1 N–H and O–H groups in total. The predicted octanol–water partition coefficient (Wildman–Crippen LogP) is 3.41. The number of ether oxygens (including phenoxy) is 1. The molecule has 2 rings (SSSR count).